The quantitative estimate of drug-likeness (QED) is 0.898. The van der Waals surface area contributed by atoms with E-state index < -0.39 is 0 Å². The summed E-state index contributed by atoms with van der Waals surface area (Å²) in [5, 5.41) is 6.63. The highest BCUT2D eigenvalue weighted by atomic mass is 32.1. The summed E-state index contributed by atoms with van der Waals surface area (Å²) in [6.45, 7) is 9.34. The molecular formula is C13H20N4S. The van der Waals surface area contributed by atoms with Crippen LogP contribution in [0.5, 0.6) is 0 Å². The topological polar surface area (TPSA) is 42.7 Å². The molecule has 0 bridgehead atoms. The van der Waals surface area contributed by atoms with E-state index in [0.717, 1.165) is 35.3 Å². The van der Waals surface area contributed by atoms with Crippen LogP contribution in [-0.2, 0) is 6.54 Å². The Morgan fingerprint density at radius 1 is 1.33 bits per heavy atom. The van der Waals surface area contributed by atoms with E-state index in [4.69, 9.17) is 0 Å². The van der Waals surface area contributed by atoms with Gasteiger partial charge in [0.2, 0.25) is 5.95 Å². The van der Waals surface area contributed by atoms with Crippen LogP contribution in [0.1, 0.15) is 42.7 Å². The molecule has 2 rings (SSSR count). The van der Waals surface area contributed by atoms with Gasteiger partial charge in [-0.3, -0.25) is 0 Å². The zero-order valence-electron chi connectivity index (χ0n) is 11.4. The maximum Gasteiger partial charge on any atom is 0.203 e. The summed E-state index contributed by atoms with van der Waals surface area (Å²) in [4.78, 5) is 9.04. The summed E-state index contributed by atoms with van der Waals surface area (Å²) >= 11 is 1.69. The molecule has 2 heterocycles. The largest absolute Gasteiger partial charge is 0.347 e. The lowest BCUT2D eigenvalue weighted by molar-refractivity contribution is 0.673. The minimum absolute atomic E-state index is 0.195. The van der Waals surface area contributed by atoms with Crippen LogP contribution in [0.2, 0.25) is 0 Å². The van der Waals surface area contributed by atoms with E-state index in [1.807, 2.05) is 13.8 Å². The van der Waals surface area contributed by atoms with Gasteiger partial charge in [-0.2, -0.15) is 0 Å². The molecule has 0 radical (unpaired) electrons. The average Bonchev–Trinajstić information content (AvgIpc) is 2.87. The van der Waals surface area contributed by atoms with Crippen LogP contribution in [0.15, 0.2) is 11.6 Å². The number of thiazole rings is 1. The predicted octanol–water partition coefficient (Wildman–Crippen LogP) is 3.54. The Morgan fingerprint density at radius 2 is 2.11 bits per heavy atom. The normalized spacial score (nSPS) is 12.7. The summed E-state index contributed by atoms with van der Waals surface area (Å²) in [5.41, 5.74) is 2.13. The van der Waals surface area contributed by atoms with Crippen LogP contribution in [-0.4, -0.2) is 14.5 Å². The number of anilines is 1. The van der Waals surface area contributed by atoms with E-state index in [2.05, 4.69) is 45.3 Å². The van der Waals surface area contributed by atoms with Gasteiger partial charge in [0.25, 0.3) is 0 Å². The molecule has 1 unspecified atom stereocenters. The van der Waals surface area contributed by atoms with E-state index in [0.29, 0.717) is 0 Å². The Morgan fingerprint density at radius 3 is 2.72 bits per heavy atom. The van der Waals surface area contributed by atoms with Gasteiger partial charge in [0, 0.05) is 23.8 Å². The molecule has 0 aliphatic heterocycles. The second-order valence-corrected chi connectivity index (χ2v) is 5.48. The van der Waals surface area contributed by atoms with Gasteiger partial charge in [-0.15, -0.1) is 11.3 Å². The number of aromatic nitrogens is 3. The summed E-state index contributed by atoms with van der Waals surface area (Å²) in [6, 6.07) is 0.195. The Balaban J connectivity index is 2.13. The van der Waals surface area contributed by atoms with Crippen LogP contribution in [0.3, 0.4) is 0 Å². The molecular weight excluding hydrogens is 244 g/mol. The van der Waals surface area contributed by atoms with Gasteiger partial charge in [0.1, 0.15) is 5.01 Å². The Hall–Kier alpha value is -1.36. The van der Waals surface area contributed by atoms with E-state index in [-0.39, 0.29) is 6.04 Å². The molecule has 98 valence electrons. The smallest absolute Gasteiger partial charge is 0.203 e. The third-order valence-corrected chi connectivity index (χ3v) is 3.86. The van der Waals surface area contributed by atoms with E-state index >= 15 is 0 Å². The van der Waals surface area contributed by atoms with Crippen molar-refractivity contribution in [3.8, 4) is 0 Å². The molecule has 0 spiro atoms. The average molecular weight is 264 g/mol. The molecule has 1 atom stereocenters. The van der Waals surface area contributed by atoms with Crippen LogP contribution < -0.4 is 5.32 Å². The van der Waals surface area contributed by atoms with Crippen molar-refractivity contribution in [2.45, 2.75) is 46.7 Å². The van der Waals surface area contributed by atoms with Crippen LogP contribution in [0.4, 0.5) is 5.95 Å². The molecule has 0 fully saturated rings. The zero-order chi connectivity index (χ0) is 13.1. The van der Waals surface area contributed by atoms with E-state index in [1.165, 1.54) is 0 Å². The monoisotopic (exact) mass is 264 g/mol. The first-order chi connectivity index (χ1) is 8.60. The summed E-state index contributed by atoms with van der Waals surface area (Å²) in [5.74, 6) is 0.940. The summed E-state index contributed by atoms with van der Waals surface area (Å²) in [6.07, 6.45) is 3.20. The number of imidazole rings is 1. The van der Waals surface area contributed by atoms with Crippen molar-refractivity contribution in [3.63, 3.8) is 0 Å². The van der Waals surface area contributed by atoms with Gasteiger partial charge < -0.3 is 9.88 Å². The lowest BCUT2D eigenvalue weighted by Crippen LogP contribution is -2.11. The molecule has 18 heavy (non-hydrogen) atoms. The SMILES string of the molecule is CCCn1cc(C)nc1NC(C)c1nc(C)cs1. The third-order valence-electron chi connectivity index (χ3n) is 2.71. The summed E-state index contributed by atoms with van der Waals surface area (Å²) in [7, 11) is 0. The highest BCUT2D eigenvalue weighted by Crippen LogP contribution is 2.22. The molecule has 0 aliphatic rings. The fraction of sp³-hybridized carbons (Fsp3) is 0.538. The first kappa shape index (κ1) is 13.1. The van der Waals surface area contributed by atoms with Gasteiger partial charge in [0.05, 0.1) is 11.7 Å². The molecule has 0 aromatic carbocycles. The first-order valence-electron chi connectivity index (χ1n) is 6.32. The molecule has 5 heteroatoms. The van der Waals surface area contributed by atoms with Crippen molar-refractivity contribution in [1.29, 1.82) is 0 Å². The maximum absolute atomic E-state index is 4.53. The number of aryl methyl sites for hydroxylation is 3. The lowest BCUT2D eigenvalue weighted by atomic mass is 10.3. The van der Waals surface area contributed by atoms with Gasteiger partial charge >= 0.3 is 0 Å². The van der Waals surface area contributed by atoms with E-state index in [1.54, 1.807) is 11.3 Å². The molecule has 0 aliphatic carbocycles. The third kappa shape index (κ3) is 2.90. The lowest BCUT2D eigenvalue weighted by Gasteiger charge is -2.13. The molecule has 2 aromatic rings. The molecule has 0 saturated heterocycles. The number of nitrogens with one attached hydrogen (secondary N) is 1. The second-order valence-electron chi connectivity index (χ2n) is 4.59. The maximum atomic E-state index is 4.53. The first-order valence-corrected chi connectivity index (χ1v) is 7.20. The fourth-order valence-electron chi connectivity index (χ4n) is 1.90. The zero-order valence-corrected chi connectivity index (χ0v) is 12.2. The van der Waals surface area contributed by atoms with Crippen molar-refractivity contribution < 1.29 is 0 Å². The van der Waals surface area contributed by atoms with Gasteiger partial charge in [0.15, 0.2) is 0 Å². The van der Waals surface area contributed by atoms with Crippen molar-refractivity contribution in [2.24, 2.45) is 0 Å². The van der Waals surface area contributed by atoms with Crippen LogP contribution in [0.25, 0.3) is 0 Å². The van der Waals surface area contributed by atoms with Crippen LogP contribution >= 0.6 is 11.3 Å². The molecule has 1 N–H and O–H groups in total. The minimum Gasteiger partial charge on any atom is -0.347 e. The number of nitrogens with zero attached hydrogens (tertiary/aromatic N) is 3. The molecule has 0 saturated carbocycles. The van der Waals surface area contributed by atoms with Gasteiger partial charge in [-0.25, -0.2) is 9.97 Å². The predicted molar refractivity (Wildman–Crippen MR) is 76.1 cm³/mol. The second kappa shape index (κ2) is 5.52. The summed E-state index contributed by atoms with van der Waals surface area (Å²) < 4.78 is 2.17. The van der Waals surface area contributed by atoms with Crippen molar-refractivity contribution in [3.05, 3.63) is 28.0 Å². The van der Waals surface area contributed by atoms with Crippen molar-refractivity contribution in [2.75, 3.05) is 5.32 Å². The van der Waals surface area contributed by atoms with Gasteiger partial charge in [-0.05, 0) is 27.2 Å². The molecule has 4 nitrogen and oxygen atoms in total. The number of hydrogen-bond acceptors (Lipinski definition) is 4. The molecule has 2 aromatic heterocycles. The van der Waals surface area contributed by atoms with E-state index in [9.17, 15) is 0 Å². The Kier molecular flexibility index (Phi) is 4.01. The highest BCUT2D eigenvalue weighted by Gasteiger charge is 2.12. The van der Waals surface area contributed by atoms with Gasteiger partial charge in [-0.1, -0.05) is 6.92 Å². The van der Waals surface area contributed by atoms with Crippen molar-refractivity contribution in [1.82, 2.24) is 14.5 Å². The Bertz CT molecular complexity index is 515. The standard InChI is InChI=1S/C13H20N4S/c1-5-6-17-7-9(2)15-13(17)16-11(4)12-14-10(3)8-18-12/h7-8,11H,5-6H2,1-4H3,(H,15,16). The number of hydrogen-bond donors (Lipinski definition) is 1. The van der Waals surface area contributed by atoms with Crippen molar-refractivity contribution >= 4 is 17.3 Å². The fourth-order valence-corrected chi connectivity index (χ4v) is 2.70. The number of rotatable bonds is 5. The highest BCUT2D eigenvalue weighted by molar-refractivity contribution is 7.09. The Labute approximate surface area is 112 Å². The van der Waals surface area contributed by atoms with Crippen LogP contribution in [0, 0.1) is 13.8 Å². The minimum atomic E-state index is 0.195. The molecule has 0 amide bonds.